The number of nitrogens with one attached hydrogen (secondary N) is 3. The van der Waals surface area contributed by atoms with Gasteiger partial charge in [-0.2, -0.15) is 5.10 Å². The van der Waals surface area contributed by atoms with Gasteiger partial charge >= 0.3 is 6.09 Å². The van der Waals surface area contributed by atoms with Crippen LogP contribution >= 0.6 is 0 Å². The molecule has 21 heavy (non-hydrogen) atoms. The number of fused-ring (bicyclic) bond motifs is 1. The van der Waals surface area contributed by atoms with Gasteiger partial charge in [-0.05, 0) is 45.9 Å². The van der Waals surface area contributed by atoms with E-state index in [1.165, 1.54) is 0 Å². The highest BCUT2D eigenvalue weighted by Gasteiger charge is 2.16. The van der Waals surface area contributed by atoms with E-state index in [9.17, 15) is 4.79 Å². The number of benzene rings is 1. The number of hydrogen-bond donors (Lipinski definition) is 3. The van der Waals surface area contributed by atoms with Crippen molar-refractivity contribution in [2.45, 2.75) is 39.3 Å². The smallest absolute Gasteiger partial charge is 0.407 e. The summed E-state index contributed by atoms with van der Waals surface area (Å²) in [5, 5.41) is 14.0. The Bertz CT molecular complexity index is 615. The van der Waals surface area contributed by atoms with Crippen LogP contribution in [0, 0.1) is 0 Å². The molecule has 1 atom stereocenters. The molecule has 6 nitrogen and oxygen atoms in total. The number of rotatable bonds is 4. The average molecular weight is 290 g/mol. The fourth-order valence-electron chi connectivity index (χ4n) is 1.92. The van der Waals surface area contributed by atoms with Gasteiger partial charge in [-0.25, -0.2) is 4.79 Å². The molecule has 114 valence electrons. The number of anilines is 1. The summed E-state index contributed by atoms with van der Waals surface area (Å²) >= 11 is 0. The molecule has 1 aromatic heterocycles. The minimum atomic E-state index is -0.479. The van der Waals surface area contributed by atoms with E-state index in [-0.39, 0.29) is 6.04 Å². The molecule has 2 aromatic rings. The summed E-state index contributed by atoms with van der Waals surface area (Å²) in [6, 6.07) is 6.05. The number of carbonyl (C=O) groups excluding carboxylic acids is 1. The number of ether oxygens (including phenoxy) is 1. The molecule has 2 rings (SSSR count). The highest BCUT2D eigenvalue weighted by atomic mass is 16.6. The van der Waals surface area contributed by atoms with Crippen molar-refractivity contribution < 1.29 is 9.53 Å². The first kappa shape index (κ1) is 15.2. The van der Waals surface area contributed by atoms with Crippen LogP contribution in [0.5, 0.6) is 0 Å². The second-order valence-electron chi connectivity index (χ2n) is 6.10. The molecule has 1 heterocycles. The molecule has 0 saturated carbocycles. The summed E-state index contributed by atoms with van der Waals surface area (Å²) in [6.07, 6.45) is 1.38. The Morgan fingerprint density at radius 1 is 1.43 bits per heavy atom. The third kappa shape index (κ3) is 4.66. The van der Waals surface area contributed by atoms with Crippen molar-refractivity contribution in [3.8, 4) is 0 Å². The van der Waals surface area contributed by atoms with Crippen molar-refractivity contribution in [1.82, 2.24) is 15.5 Å². The van der Waals surface area contributed by atoms with Gasteiger partial charge in [-0.1, -0.05) is 0 Å². The van der Waals surface area contributed by atoms with Gasteiger partial charge in [-0.3, -0.25) is 5.10 Å². The normalized spacial score (nSPS) is 13.0. The van der Waals surface area contributed by atoms with Crippen molar-refractivity contribution in [2.24, 2.45) is 0 Å². The van der Waals surface area contributed by atoms with Crippen molar-refractivity contribution in [3.63, 3.8) is 0 Å². The van der Waals surface area contributed by atoms with Gasteiger partial charge in [0, 0.05) is 23.7 Å². The lowest BCUT2D eigenvalue weighted by Gasteiger charge is -2.21. The lowest BCUT2D eigenvalue weighted by atomic mass is 10.2. The molecule has 1 unspecified atom stereocenters. The fourth-order valence-corrected chi connectivity index (χ4v) is 1.92. The van der Waals surface area contributed by atoms with E-state index in [0.29, 0.717) is 6.54 Å². The maximum atomic E-state index is 11.6. The van der Waals surface area contributed by atoms with E-state index >= 15 is 0 Å². The van der Waals surface area contributed by atoms with Gasteiger partial charge in [0.1, 0.15) is 5.60 Å². The highest BCUT2D eigenvalue weighted by molar-refractivity contribution is 5.81. The fraction of sp³-hybridized carbons (Fsp3) is 0.467. The number of amides is 1. The Morgan fingerprint density at radius 3 is 2.90 bits per heavy atom. The molecule has 1 aromatic carbocycles. The Hall–Kier alpha value is -2.24. The first-order valence-electron chi connectivity index (χ1n) is 7.00. The first-order valence-corrected chi connectivity index (χ1v) is 7.00. The molecular weight excluding hydrogens is 268 g/mol. The molecule has 0 spiro atoms. The number of nitrogens with zero attached hydrogens (tertiary/aromatic N) is 1. The summed E-state index contributed by atoms with van der Waals surface area (Å²) in [5.41, 5.74) is 1.51. The largest absolute Gasteiger partial charge is 0.444 e. The van der Waals surface area contributed by atoms with E-state index in [1.807, 2.05) is 45.9 Å². The quantitative estimate of drug-likeness (QED) is 0.809. The Labute approximate surface area is 124 Å². The Morgan fingerprint density at radius 2 is 2.19 bits per heavy atom. The minimum Gasteiger partial charge on any atom is -0.444 e. The van der Waals surface area contributed by atoms with Gasteiger partial charge in [0.05, 0.1) is 11.7 Å². The zero-order valence-corrected chi connectivity index (χ0v) is 12.9. The zero-order valence-electron chi connectivity index (χ0n) is 12.9. The van der Waals surface area contributed by atoms with Crippen LogP contribution in [0.25, 0.3) is 10.9 Å². The molecule has 1 amide bonds. The van der Waals surface area contributed by atoms with Crippen molar-refractivity contribution in [3.05, 3.63) is 24.4 Å². The SMILES string of the molecule is CC(CNC(=O)OC(C)(C)C)Nc1ccc2[nH]ncc2c1. The van der Waals surface area contributed by atoms with Crippen LogP contribution in [0.4, 0.5) is 10.5 Å². The topological polar surface area (TPSA) is 79.0 Å². The van der Waals surface area contributed by atoms with E-state index < -0.39 is 11.7 Å². The highest BCUT2D eigenvalue weighted by Crippen LogP contribution is 2.17. The van der Waals surface area contributed by atoms with Gasteiger partial charge in [0.15, 0.2) is 0 Å². The number of carbonyl (C=O) groups is 1. The summed E-state index contributed by atoms with van der Waals surface area (Å²) < 4.78 is 5.20. The van der Waals surface area contributed by atoms with Crippen LogP contribution in [0.3, 0.4) is 0 Å². The average Bonchev–Trinajstić information content (AvgIpc) is 2.81. The molecule has 6 heteroatoms. The third-order valence-electron chi connectivity index (χ3n) is 2.80. The predicted octanol–water partition coefficient (Wildman–Crippen LogP) is 2.89. The maximum Gasteiger partial charge on any atom is 0.407 e. The molecule has 3 N–H and O–H groups in total. The number of alkyl carbamates (subject to hydrolysis) is 1. The van der Waals surface area contributed by atoms with Gasteiger partial charge in [0.25, 0.3) is 0 Å². The number of hydrogen-bond acceptors (Lipinski definition) is 4. The summed E-state index contributed by atoms with van der Waals surface area (Å²) in [4.78, 5) is 11.6. The van der Waals surface area contributed by atoms with E-state index in [0.717, 1.165) is 16.6 Å². The van der Waals surface area contributed by atoms with Gasteiger partial charge in [0.2, 0.25) is 0 Å². The Kier molecular flexibility index (Phi) is 4.35. The summed E-state index contributed by atoms with van der Waals surface area (Å²) in [6.45, 7) is 8.01. The molecule has 0 radical (unpaired) electrons. The van der Waals surface area contributed by atoms with Crippen LogP contribution < -0.4 is 10.6 Å². The van der Waals surface area contributed by atoms with Crippen LogP contribution in [0.2, 0.25) is 0 Å². The van der Waals surface area contributed by atoms with E-state index in [2.05, 4.69) is 20.8 Å². The number of aromatic amines is 1. The monoisotopic (exact) mass is 290 g/mol. The van der Waals surface area contributed by atoms with Crippen molar-refractivity contribution >= 4 is 22.7 Å². The second kappa shape index (κ2) is 6.03. The number of H-pyrrole nitrogens is 1. The van der Waals surface area contributed by atoms with Gasteiger partial charge in [-0.15, -0.1) is 0 Å². The molecule has 0 aliphatic carbocycles. The lowest BCUT2D eigenvalue weighted by Crippen LogP contribution is -2.38. The first-order chi connectivity index (χ1) is 9.83. The van der Waals surface area contributed by atoms with E-state index in [1.54, 1.807) is 6.20 Å². The Balaban J connectivity index is 1.84. The molecule has 0 fully saturated rings. The molecular formula is C15H22N4O2. The van der Waals surface area contributed by atoms with Crippen molar-refractivity contribution in [2.75, 3.05) is 11.9 Å². The van der Waals surface area contributed by atoms with Crippen LogP contribution in [-0.4, -0.2) is 34.5 Å². The van der Waals surface area contributed by atoms with Gasteiger partial charge < -0.3 is 15.4 Å². The molecule has 0 aliphatic heterocycles. The van der Waals surface area contributed by atoms with E-state index in [4.69, 9.17) is 4.74 Å². The minimum absolute atomic E-state index is 0.0851. The predicted molar refractivity (Wildman–Crippen MR) is 83.4 cm³/mol. The lowest BCUT2D eigenvalue weighted by molar-refractivity contribution is 0.0526. The third-order valence-corrected chi connectivity index (χ3v) is 2.80. The zero-order chi connectivity index (χ0) is 15.5. The summed E-state index contributed by atoms with van der Waals surface area (Å²) in [7, 11) is 0. The van der Waals surface area contributed by atoms with Crippen LogP contribution in [-0.2, 0) is 4.74 Å². The standard InChI is InChI=1S/C15H22N4O2/c1-10(8-16-14(20)21-15(2,3)4)18-12-5-6-13-11(7-12)9-17-19-13/h5-7,9-10,18H,8H2,1-4H3,(H,16,20)(H,17,19). The van der Waals surface area contributed by atoms with Crippen molar-refractivity contribution in [1.29, 1.82) is 0 Å². The number of aromatic nitrogens is 2. The molecule has 0 aliphatic rings. The summed E-state index contributed by atoms with van der Waals surface area (Å²) in [5.74, 6) is 0. The molecule has 0 saturated heterocycles. The molecule has 0 bridgehead atoms. The van der Waals surface area contributed by atoms with Crippen LogP contribution in [0.1, 0.15) is 27.7 Å². The van der Waals surface area contributed by atoms with Crippen LogP contribution in [0.15, 0.2) is 24.4 Å². The second-order valence-corrected chi connectivity index (χ2v) is 6.10. The maximum absolute atomic E-state index is 11.6.